The maximum absolute atomic E-state index is 11.8. The Morgan fingerprint density at radius 3 is 2.71 bits per heavy atom. The lowest BCUT2D eigenvalue weighted by molar-refractivity contribution is 0.337. The van der Waals surface area contributed by atoms with Gasteiger partial charge < -0.3 is 4.74 Å². The van der Waals surface area contributed by atoms with Crippen LogP contribution in [0, 0.1) is 0 Å². The molecule has 0 saturated carbocycles. The van der Waals surface area contributed by atoms with Gasteiger partial charge in [-0.05, 0) is 31.3 Å². The molecule has 0 aliphatic rings. The number of rotatable bonds is 5. The van der Waals surface area contributed by atoms with Gasteiger partial charge in [0.15, 0.2) is 5.05 Å². The van der Waals surface area contributed by atoms with Crippen LogP contribution < -0.4 is 4.72 Å². The zero-order valence-corrected chi connectivity index (χ0v) is 11.4. The molecular formula is C11H15NO3S2. The fourth-order valence-corrected chi connectivity index (χ4v) is 2.61. The van der Waals surface area contributed by atoms with Crippen LogP contribution in [0.5, 0.6) is 0 Å². The van der Waals surface area contributed by atoms with Crippen LogP contribution in [-0.4, -0.2) is 26.6 Å². The summed E-state index contributed by atoms with van der Waals surface area (Å²) in [6.07, 6.45) is 0. The third kappa shape index (κ3) is 3.76. The summed E-state index contributed by atoms with van der Waals surface area (Å²) in [5.41, 5.74) is 0.598. The van der Waals surface area contributed by atoms with E-state index in [4.69, 9.17) is 17.0 Å². The molecule has 0 atom stereocenters. The van der Waals surface area contributed by atoms with Crippen molar-refractivity contribution in [2.75, 3.05) is 13.2 Å². The van der Waals surface area contributed by atoms with Crippen molar-refractivity contribution >= 4 is 27.3 Å². The first-order valence-corrected chi connectivity index (χ1v) is 7.17. The van der Waals surface area contributed by atoms with Gasteiger partial charge in [-0.3, -0.25) is 0 Å². The van der Waals surface area contributed by atoms with Gasteiger partial charge in [-0.25, -0.2) is 13.1 Å². The minimum Gasteiger partial charge on any atom is -0.483 e. The molecule has 0 spiro atoms. The van der Waals surface area contributed by atoms with Crippen LogP contribution in [0.15, 0.2) is 29.2 Å². The van der Waals surface area contributed by atoms with Gasteiger partial charge in [0.05, 0.1) is 11.5 Å². The highest BCUT2D eigenvalue weighted by molar-refractivity contribution is 7.89. The minimum absolute atomic E-state index is 0.193. The molecular weight excluding hydrogens is 258 g/mol. The number of nitrogens with one attached hydrogen (secondary N) is 1. The number of thiocarbonyl (C=S) groups is 1. The first-order valence-electron chi connectivity index (χ1n) is 5.28. The second-order valence-corrected chi connectivity index (χ2v) is 5.39. The molecule has 1 rings (SSSR count). The summed E-state index contributed by atoms with van der Waals surface area (Å²) in [6, 6.07) is 6.40. The fourth-order valence-electron chi connectivity index (χ4n) is 1.28. The van der Waals surface area contributed by atoms with Gasteiger partial charge in [-0.15, -0.1) is 0 Å². The number of sulfonamides is 1. The van der Waals surface area contributed by atoms with Gasteiger partial charge >= 0.3 is 0 Å². The monoisotopic (exact) mass is 273 g/mol. The van der Waals surface area contributed by atoms with E-state index >= 15 is 0 Å². The highest BCUT2D eigenvalue weighted by Gasteiger charge is 2.14. The largest absolute Gasteiger partial charge is 0.483 e. The molecule has 0 unspecified atom stereocenters. The summed E-state index contributed by atoms with van der Waals surface area (Å²) in [5, 5.41) is 0.307. The van der Waals surface area contributed by atoms with E-state index in [0.29, 0.717) is 23.8 Å². The first-order chi connectivity index (χ1) is 8.01. The number of hydrogen-bond donors (Lipinski definition) is 1. The molecule has 0 aliphatic heterocycles. The lowest BCUT2D eigenvalue weighted by Crippen LogP contribution is -2.23. The minimum atomic E-state index is -3.45. The van der Waals surface area contributed by atoms with Crippen molar-refractivity contribution in [1.82, 2.24) is 4.72 Å². The normalized spacial score (nSPS) is 11.2. The van der Waals surface area contributed by atoms with Crippen LogP contribution in [0.1, 0.15) is 19.4 Å². The maximum Gasteiger partial charge on any atom is 0.240 e. The highest BCUT2D eigenvalue weighted by Crippen LogP contribution is 2.12. The Bertz CT molecular complexity index is 497. The summed E-state index contributed by atoms with van der Waals surface area (Å²) >= 11 is 5.03. The first kappa shape index (κ1) is 14.1. The molecule has 0 heterocycles. The van der Waals surface area contributed by atoms with E-state index in [-0.39, 0.29) is 4.90 Å². The van der Waals surface area contributed by atoms with E-state index in [1.165, 1.54) is 12.1 Å². The Balaban J connectivity index is 3.05. The van der Waals surface area contributed by atoms with Gasteiger partial charge in [0.1, 0.15) is 0 Å². The maximum atomic E-state index is 11.8. The standard InChI is InChI=1S/C11H15NO3S2/c1-3-12-17(13,14)10-7-5-6-9(8-10)11(16)15-4-2/h5-8,12H,3-4H2,1-2H3. The molecule has 0 fully saturated rings. The van der Waals surface area contributed by atoms with E-state index < -0.39 is 10.0 Å². The van der Waals surface area contributed by atoms with Crippen LogP contribution in [-0.2, 0) is 14.8 Å². The van der Waals surface area contributed by atoms with Gasteiger partial charge in [0.25, 0.3) is 0 Å². The van der Waals surface area contributed by atoms with E-state index in [1.54, 1.807) is 19.1 Å². The second kappa shape index (κ2) is 6.09. The molecule has 4 nitrogen and oxygen atoms in total. The van der Waals surface area contributed by atoms with E-state index in [2.05, 4.69) is 4.72 Å². The third-order valence-electron chi connectivity index (χ3n) is 1.99. The van der Waals surface area contributed by atoms with Gasteiger partial charge in [-0.1, -0.05) is 19.1 Å². The zero-order valence-electron chi connectivity index (χ0n) is 9.76. The molecule has 94 valence electrons. The van der Waals surface area contributed by atoms with Gasteiger partial charge in [0.2, 0.25) is 10.0 Å². The number of hydrogen-bond acceptors (Lipinski definition) is 4. The van der Waals surface area contributed by atoms with Gasteiger partial charge in [0, 0.05) is 12.1 Å². The Morgan fingerprint density at radius 1 is 1.41 bits per heavy atom. The molecule has 1 aromatic rings. The quantitative estimate of drug-likeness (QED) is 0.830. The molecule has 6 heteroatoms. The average Bonchev–Trinajstić information content (AvgIpc) is 2.29. The molecule has 1 N–H and O–H groups in total. The van der Waals surface area contributed by atoms with Crippen LogP contribution in [0.3, 0.4) is 0 Å². The van der Waals surface area contributed by atoms with Crippen molar-refractivity contribution in [3.63, 3.8) is 0 Å². The van der Waals surface area contributed by atoms with Crippen molar-refractivity contribution in [3.8, 4) is 0 Å². The SMILES string of the molecule is CCNS(=O)(=O)c1cccc(C(=S)OCC)c1. The Morgan fingerprint density at radius 2 is 2.12 bits per heavy atom. The molecule has 0 aliphatic carbocycles. The Kier molecular flexibility index (Phi) is 5.04. The molecule has 0 saturated heterocycles. The van der Waals surface area contributed by atoms with E-state index in [9.17, 15) is 8.42 Å². The van der Waals surface area contributed by atoms with Crippen molar-refractivity contribution in [2.24, 2.45) is 0 Å². The Hall–Kier alpha value is -0.980. The average molecular weight is 273 g/mol. The molecule has 0 radical (unpaired) electrons. The molecule has 17 heavy (non-hydrogen) atoms. The van der Waals surface area contributed by atoms with Crippen LogP contribution in [0.4, 0.5) is 0 Å². The second-order valence-electron chi connectivity index (χ2n) is 3.25. The smallest absolute Gasteiger partial charge is 0.240 e. The fraction of sp³-hybridized carbons (Fsp3) is 0.364. The summed E-state index contributed by atoms with van der Waals surface area (Å²) < 4.78 is 31.1. The molecule has 0 bridgehead atoms. The highest BCUT2D eigenvalue weighted by atomic mass is 32.2. The summed E-state index contributed by atoms with van der Waals surface area (Å²) in [4.78, 5) is 0.193. The molecule has 0 aromatic heterocycles. The van der Waals surface area contributed by atoms with E-state index in [0.717, 1.165) is 0 Å². The summed E-state index contributed by atoms with van der Waals surface area (Å²) in [5.74, 6) is 0. The predicted octanol–water partition coefficient (Wildman–Crippen LogP) is 1.70. The number of ether oxygens (including phenoxy) is 1. The molecule has 1 aromatic carbocycles. The van der Waals surface area contributed by atoms with Crippen molar-refractivity contribution < 1.29 is 13.2 Å². The van der Waals surface area contributed by atoms with Crippen LogP contribution in [0.25, 0.3) is 0 Å². The van der Waals surface area contributed by atoms with Crippen LogP contribution >= 0.6 is 12.2 Å². The summed E-state index contributed by atoms with van der Waals surface area (Å²) in [7, 11) is -3.45. The van der Waals surface area contributed by atoms with Crippen molar-refractivity contribution in [3.05, 3.63) is 29.8 Å². The topological polar surface area (TPSA) is 55.4 Å². The van der Waals surface area contributed by atoms with Crippen molar-refractivity contribution in [2.45, 2.75) is 18.7 Å². The third-order valence-corrected chi connectivity index (χ3v) is 3.89. The van der Waals surface area contributed by atoms with Gasteiger partial charge in [-0.2, -0.15) is 0 Å². The van der Waals surface area contributed by atoms with Crippen LogP contribution in [0.2, 0.25) is 0 Å². The Labute approximate surface area is 107 Å². The van der Waals surface area contributed by atoms with Crippen molar-refractivity contribution in [1.29, 1.82) is 0 Å². The lowest BCUT2D eigenvalue weighted by Gasteiger charge is -2.08. The van der Waals surface area contributed by atoms with E-state index in [1.807, 2.05) is 6.92 Å². The molecule has 0 amide bonds. The lowest BCUT2D eigenvalue weighted by atomic mass is 10.2. The number of benzene rings is 1. The predicted molar refractivity (Wildman–Crippen MR) is 70.6 cm³/mol. The zero-order chi connectivity index (χ0) is 12.9. The summed E-state index contributed by atoms with van der Waals surface area (Å²) in [6.45, 7) is 4.36.